The molecule has 134 valence electrons. The molecule has 1 atom stereocenters. The lowest BCUT2D eigenvalue weighted by Gasteiger charge is -2.21. The fourth-order valence-electron chi connectivity index (χ4n) is 3.77. The van der Waals surface area contributed by atoms with Crippen molar-refractivity contribution in [3.05, 3.63) is 17.0 Å². The van der Waals surface area contributed by atoms with Crippen molar-refractivity contribution in [2.75, 3.05) is 39.3 Å². The monoisotopic (exact) mass is 336 g/mol. The summed E-state index contributed by atoms with van der Waals surface area (Å²) in [6, 6.07) is 0. The minimum absolute atomic E-state index is 0.0743. The third-order valence-electron chi connectivity index (χ3n) is 5.07. The first-order chi connectivity index (χ1) is 11.7. The number of aromatic amines is 1. The van der Waals surface area contributed by atoms with Gasteiger partial charge < -0.3 is 15.1 Å². The molecule has 0 bridgehead atoms. The lowest BCUT2D eigenvalue weighted by Crippen LogP contribution is -2.37. The van der Waals surface area contributed by atoms with Crippen molar-refractivity contribution < 1.29 is 15.0 Å². The lowest BCUT2D eigenvalue weighted by atomic mass is 9.94. The Hall–Kier alpha value is -1.44. The van der Waals surface area contributed by atoms with Gasteiger partial charge in [-0.2, -0.15) is 5.10 Å². The van der Waals surface area contributed by atoms with Gasteiger partial charge in [-0.3, -0.25) is 14.8 Å². The molecule has 0 radical (unpaired) electrons. The fraction of sp³-hybridized carbons (Fsp3) is 0.765. The van der Waals surface area contributed by atoms with Gasteiger partial charge in [-0.15, -0.1) is 0 Å². The highest BCUT2D eigenvalue weighted by Gasteiger charge is 2.25. The van der Waals surface area contributed by atoms with E-state index in [0.717, 1.165) is 18.5 Å². The van der Waals surface area contributed by atoms with Gasteiger partial charge >= 0.3 is 0 Å². The standard InChI is InChI=1S/C17H28N4O3/c22-10-9-20-7-8-21(12-13(23)11-20)17(24)6-5-16-14-3-1-2-4-15(14)18-19-16/h13,22-23H,1-12H2,(H,18,19)/t13-/m0/s1. The van der Waals surface area contributed by atoms with Crippen molar-refractivity contribution in [2.24, 2.45) is 0 Å². The van der Waals surface area contributed by atoms with Gasteiger partial charge in [0.2, 0.25) is 5.91 Å². The second-order valence-corrected chi connectivity index (χ2v) is 6.85. The number of aliphatic hydroxyl groups excluding tert-OH is 2. The van der Waals surface area contributed by atoms with E-state index in [4.69, 9.17) is 5.11 Å². The zero-order valence-corrected chi connectivity index (χ0v) is 14.2. The molecule has 1 aliphatic heterocycles. The maximum Gasteiger partial charge on any atom is 0.223 e. The quantitative estimate of drug-likeness (QED) is 0.688. The van der Waals surface area contributed by atoms with Crippen LogP contribution in [0.15, 0.2) is 0 Å². The van der Waals surface area contributed by atoms with Gasteiger partial charge in [-0.25, -0.2) is 0 Å². The largest absolute Gasteiger partial charge is 0.395 e. The van der Waals surface area contributed by atoms with E-state index < -0.39 is 6.10 Å². The number of β-amino-alcohol motifs (C(OH)–C–C–N with tert-alkyl or cyclic N) is 2. The summed E-state index contributed by atoms with van der Waals surface area (Å²) in [5.41, 5.74) is 3.60. The topological polar surface area (TPSA) is 92.7 Å². The molecular formula is C17H28N4O3. The number of amides is 1. The molecule has 7 heteroatoms. The molecule has 7 nitrogen and oxygen atoms in total. The SMILES string of the molecule is O=C(CCc1n[nH]c2c1CCCC2)N1CCN(CCO)C[C@H](O)C1. The number of aryl methyl sites for hydroxylation is 2. The third kappa shape index (κ3) is 4.15. The maximum atomic E-state index is 12.5. The Labute approximate surface area is 142 Å². The van der Waals surface area contributed by atoms with E-state index in [1.807, 2.05) is 4.90 Å². The van der Waals surface area contributed by atoms with Crippen LogP contribution in [-0.2, 0) is 24.1 Å². The highest BCUT2D eigenvalue weighted by molar-refractivity contribution is 5.76. The van der Waals surface area contributed by atoms with Gasteiger partial charge in [0.25, 0.3) is 0 Å². The van der Waals surface area contributed by atoms with Gasteiger partial charge in [-0.05, 0) is 31.2 Å². The Balaban J connectivity index is 1.54. The van der Waals surface area contributed by atoms with Crippen LogP contribution in [0.2, 0.25) is 0 Å². The summed E-state index contributed by atoms with van der Waals surface area (Å²) in [5, 5.41) is 26.7. The average molecular weight is 336 g/mol. The maximum absolute atomic E-state index is 12.5. The van der Waals surface area contributed by atoms with Gasteiger partial charge in [0.1, 0.15) is 0 Å². The number of H-pyrrole nitrogens is 1. The number of carbonyl (C=O) groups excluding carboxylic acids is 1. The van der Waals surface area contributed by atoms with E-state index in [9.17, 15) is 9.90 Å². The summed E-state index contributed by atoms with van der Waals surface area (Å²) in [5.74, 6) is 0.0763. The summed E-state index contributed by atoms with van der Waals surface area (Å²) in [6.45, 7) is 2.80. The third-order valence-corrected chi connectivity index (χ3v) is 5.07. The van der Waals surface area contributed by atoms with E-state index >= 15 is 0 Å². The van der Waals surface area contributed by atoms with Gasteiger partial charge in [-0.1, -0.05) is 0 Å². The van der Waals surface area contributed by atoms with Crippen molar-refractivity contribution >= 4 is 5.91 Å². The van der Waals surface area contributed by atoms with Crippen LogP contribution in [0.3, 0.4) is 0 Å². The Bertz CT molecular complexity index is 560. The minimum atomic E-state index is -0.554. The number of rotatable bonds is 5. The molecule has 0 spiro atoms. The average Bonchev–Trinajstić information content (AvgIpc) is 2.90. The van der Waals surface area contributed by atoms with E-state index in [1.165, 1.54) is 24.1 Å². The number of hydrogen-bond acceptors (Lipinski definition) is 5. The number of fused-ring (bicyclic) bond motifs is 1. The Morgan fingerprint density at radius 1 is 1.25 bits per heavy atom. The summed E-state index contributed by atoms with van der Waals surface area (Å²) in [4.78, 5) is 16.3. The van der Waals surface area contributed by atoms with Gasteiger partial charge in [0, 0.05) is 51.3 Å². The van der Waals surface area contributed by atoms with E-state index in [1.54, 1.807) is 4.90 Å². The minimum Gasteiger partial charge on any atom is -0.395 e. The van der Waals surface area contributed by atoms with Crippen molar-refractivity contribution in [3.8, 4) is 0 Å². The number of hydrogen-bond donors (Lipinski definition) is 3. The number of aliphatic hydroxyl groups is 2. The van der Waals surface area contributed by atoms with Crippen LogP contribution in [0.1, 0.15) is 36.2 Å². The molecule has 0 saturated carbocycles. The molecule has 1 aromatic rings. The van der Waals surface area contributed by atoms with E-state index in [-0.39, 0.29) is 12.5 Å². The van der Waals surface area contributed by atoms with Gasteiger partial charge in [0.15, 0.2) is 0 Å². The van der Waals surface area contributed by atoms with Crippen LogP contribution >= 0.6 is 0 Å². The van der Waals surface area contributed by atoms with Crippen LogP contribution in [0.25, 0.3) is 0 Å². The van der Waals surface area contributed by atoms with Crippen LogP contribution in [0, 0.1) is 0 Å². The van der Waals surface area contributed by atoms with Crippen LogP contribution < -0.4 is 0 Å². The molecule has 1 saturated heterocycles. The summed E-state index contributed by atoms with van der Waals surface area (Å²) in [7, 11) is 0. The number of carbonyl (C=O) groups is 1. The molecule has 2 heterocycles. The van der Waals surface area contributed by atoms with Crippen molar-refractivity contribution in [2.45, 2.75) is 44.6 Å². The predicted octanol–water partition coefficient (Wildman–Crippen LogP) is -0.281. The zero-order valence-electron chi connectivity index (χ0n) is 14.2. The highest BCUT2D eigenvalue weighted by Crippen LogP contribution is 2.23. The molecule has 1 amide bonds. The van der Waals surface area contributed by atoms with Crippen molar-refractivity contribution in [1.82, 2.24) is 20.0 Å². The molecule has 3 N–H and O–H groups in total. The van der Waals surface area contributed by atoms with E-state index in [2.05, 4.69) is 10.2 Å². The molecule has 1 aliphatic carbocycles. The highest BCUT2D eigenvalue weighted by atomic mass is 16.3. The fourth-order valence-corrected chi connectivity index (χ4v) is 3.77. The normalized spacial score (nSPS) is 22.2. The summed E-state index contributed by atoms with van der Waals surface area (Å²) < 4.78 is 0. The molecule has 0 aromatic carbocycles. The molecular weight excluding hydrogens is 308 g/mol. The molecule has 3 rings (SSSR count). The summed E-state index contributed by atoms with van der Waals surface area (Å²) >= 11 is 0. The Kier molecular flexibility index (Phi) is 5.86. The first kappa shape index (κ1) is 17.4. The first-order valence-corrected chi connectivity index (χ1v) is 9.01. The number of nitrogens with one attached hydrogen (secondary N) is 1. The summed E-state index contributed by atoms with van der Waals surface area (Å²) in [6.07, 6.45) is 5.09. The van der Waals surface area contributed by atoms with Crippen LogP contribution in [0.4, 0.5) is 0 Å². The Morgan fingerprint density at radius 3 is 2.92 bits per heavy atom. The second-order valence-electron chi connectivity index (χ2n) is 6.85. The Morgan fingerprint density at radius 2 is 2.08 bits per heavy atom. The molecule has 1 aromatic heterocycles. The van der Waals surface area contributed by atoms with Crippen molar-refractivity contribution in [3.63, 3.8) is 0 Å². The predicted molar refractivity (Wildman–Crippen MR) is 89.7 cm³/mol. The molecule has 1 fully saturated rings. The van der Waals surface area contributed by atoms with E-state index in [0.29, 0.717) is 45.6 Å². The molecule has 24 heavy (non-hydrogen) atoms. The number of aromatic nitrogens is 2. The second kappa shape index (κ2) is 8.09. The first-order valence-electron chi connectivity index (χ1n) is 9.01. The smallest absolute Gasteiger partial charge is 0.223 e. The molecule has 0 unspecified atom stereocenters. The zero-order chi connectivity index (χ0) is 16.9. The van der Waals surface area contributed by atoms with Crippen molar-refractivity contribution in [1.29, 1.82) is 0 Å². The van der Waals surface area contributed by atoms with Crippen LogP contribution in [-0.4, -0.2) is 81.6 Å². The van der Waals surface area contributed by atoms with Crippen LogP contribution in [0.5, 0.6) is 0 Å². The number of nitrogens with zero attached hydrogens (tertiary/aromatic N) is 3. The molecule has 2 aliphatic rings. The lowest BCUT2D eigenvalue weighted by molar-refractivity contribution is -0.132. The van der Waals surface area contributed by atoms with Gasteiger partial charge in [0.05, 0.1) is 18.4 Å².